The molecule has 1 aliphatic rings. The van der Waals surface area contributed by atoms with E-state index in [9.17, 15) is 0 Å². The molecule has 8 heavy (non-hydrogen) atoms. The first-order chi connectivity index (χ1) is 4.00. The predicted molar refractivity (Wildman–Crippen MR) is 36.8 cm³/mol. The minimum atomic E-state index is 1.38. The van der Waals surface area contributed by atoms with Gasteiger partial charge in [-0.15, -0.1) is 13.2 Å². The number of hydrogen-bond acceptors (Lipinski definition) is 0. The molecule has 0 amide bonds. The molecule has 1 heteroatoms. The lowest BCUT2D eigenvalue weighted by Gasteiger charge is -2.05. The molecule has 0 radical (unpaired) electrons. The fraction of sp³-hybridized carbons (Fsp3) is 0.714. The molecule has 0 bridgehead atoms. The highest BCUT2D eigenvalue weighted by Gasteiger charge is 1.97. The Hall–Kier alpha value is -0.300. The Morgan fingerprint density at radius 3 is 1.50 bits per heavy atom. The molecule has 0 atom stereocenters. The Balaban J connectivity index is 0.000000222. The van der Waals surface area contributed by atoms with E-state index in [1.165, 1.54) is 32.4 Å². The van der Waals surface area contributed by atoms with Crippen molar-refractivity contribution in [3.63, 3.8) is 0 Å². The van der Waals surface area contributed by atoms with E-state index in [4.69, 9.17) is 0 Å². The molecule has 2 N–H and O–H groups in total. The minimum Gasteiger partial charge on any atom is -0.346 e. The van der Waals surface area contributed by atoms with Gasteiger partial charge in [0.15, 0.2) is 0 Å². The number of piperidine rings is 1. The van der Waals surface area contributed by atoms with Crippen LogP contribution in [0.5, 0.6) is 0 Å². The monoisotopic (exact) mass is 114 g/mol. The van der Waals surface area contributed by atoms with Crippen LogP contribution in [0.25, 0.3) is 0 Å². The van der Waals surface area contributed by atoms with Crippen molar-refractivity contribution in [2.45, 2.75) is 19.3 Å². The van der Waals surface area contributed by atoms with Gasteiger partial charge in [-0.2, -0.15) is 0 Å². The number of hydrogen-bond donors (Lipinski definition) is 1. The fourth-order valence-electron chi connectivity index (χ4n) is 0.898. The summed E-state index contributed by atoms with van der Waals surface area (Å²) >= 11 is 0. The molecule has 0 aromatic rings. The van der Waals surface area contributed by atoms with Gasteiger partial charge in [-0.25, -0.2) is 0 Å². The van der Waals surface area contributed by atoms with Gasteiger partial charge in [-0.1, -0.05) is 0 Å². The predicted octanol–water partition coefficient (Wildman–Crippen LogP) is 0.536. The zero-order chi connectivity index (χ0) is 6.24. The van der Waals surface area contributed by atoms with Crippen molar-refractivity contribution in [2.24, 2.45) is 0 Å². The standard InChI is InChI=1S/C5H11N.C2H4/c1-2-4-6-5-3-1;1-2/h6H,1-5H2;1-2H2/p+1. The maximum Gasteiger partial charge on any atom is 0.0755 e. The van der Waals surface area contributed by atoms with Crippen molar-refractivity contribution in [3.8, 4) is 0 Å². The van der Waals surface area contributed by atoms with E-state index in [-0.39, 0.29) is 0 Å². The Labute approximate surface area is 51.8 Å². The summed E-state index contributed by atoms with van der Waals surface area (Å²) in [6.45, 7) is 8.75. The van der Waals surface area contributed by atoms with Crippen LogP contribution in [0.15, 0.2) is 13.2 Å². The summed E-state index contributed by atoms with van der Waals surface area (Å²) in [5.74, 6) is 0. The lowest BCUT2D eigenvalue weighted by atomic mass is 10.2. The van der Waals surface area contributed by atoms with Gasteiger partial charge < -0.3 is 5.32 Å². The summed E-state index contributed by atoms with van der Waals surface area (Å²) in [5.41, 5.74) is 0. The highest BCUT2D eigenvalue weighted by Crippen LogP contribution is 1.91. The molecular weight excluding hydrogens is 98.1 g/mol. The zero-order valence-corrected chi connectivity index (χ0v) is 5.53. The largest absolute Gasteiger partial charge is 0.346 e. The molecule has 0 aliphatic carbocycles. The van der Waals surface area contributed by atoms with E-state index in [1.807, 2.05) is 0 Å². The molecule has 1 rings (SSSR count). The smallest absolute Gasteiger partial charge is 0.0755 e. The number of quaternary nitrogens is 1. The molecule has 0 aromatic carbocycles. The van der Waals surface area contributed by atoms with Gasteiger partial charge in [0.05, 0.1) is 13.1 Å². The summed E-state index contributed by atoms with van der Waals surface area (Å²) in [5, 5.41) is 2.39. The van der Waals surface area contributed by atoms with Crippen LogP contribution in [0, 0.1) is 0 Å². The zero-order valence-electron chi connectivity index (χ0n) is 5.53. The third kappa shape index (κ3) is 3.88. The van der Waals surface area contributed by atoms with Crippen LogP contribution in [-0.4, -0.2) is 13.1 Å². The van der Waals surface area contributed by atoms with E-state index in [1.54, 1.807) is 0 Å². The number of nitrogens with two attached hydrogens (primary N) is 1. The van der Waals surface area contributed by atoms with Gasteiger partial charge in [-0.05, 0) is 19.3 Å². The molecule has 1 nitrogen and oxygen atoms in total. The fourth-order valence-corrected chi connectivity index (χ4v) is 0.898. The lowest BCUT2D eigenvalue weighted by molar-refractivity contribution is -0.662. The molecular formula is C7H16N+. The normalized spacial score (nSPS) is 18.5. The Morgan fingerprint density at radius 1 is 0.875 bits per heavy atom. The summed E-state index contributed by atoms with van der Waals surface area (Å²) < 4.78 is 0. The van der Waals surface area contributed by atoms with Crippen LogP contribution in [0.2, 0.25) is 0 Å². The summed E-state index contributed by atoms with van der Waals surface area (Å²) in [7, 11) is 0. The average molecular weight is 114 g/mol. The Morgan fingerprint density at radius 2 is 1.38 bits per heavy atom. The Kier molecular flexibility index (Phi) is 6.45. The van der Waals surface area contributed by atoms with Gasteiger partial charge in [0, 0.05) is 0 Å². The van der Waals surface area contributed by atoms with Crippen molar-refractivity contribution in [1.29, 1.82) is 0 Å². The van der Waals surface area contributed by atoms with Crippen LogP contribution in [0.1, 0.15) is 19.3 Å². The Bertz CT molecular complexity index is 28.1. The maximum atomic E-state index is 3.00. The van der Waals surface area contributed by atoms with Gasteiger partial charge in [0.2, 0.25) is 0 Å². The molecule has 0 aromatic heterocycles. The third-order valence-electron chi connectivity index (χ3n) is 1.32. The number of rotatable bonds is 0. The highest BCUT2D eigenvalue weighted by atomic mass is 14.9. The molecule has 48 valence electrons. The first kappa shape index (κ1) is 7.70. The quantitative estimate of drug-likeness (QED) is 0.443. The first-order valence-corrected chi connectivity index (χ1v) is 3.32. The van der Waals surface area contributed by atoms with Crippen molar-refractivity contribution < 1.29 is 5.32 Å². The van der Waals surface area contributed by atoms with Crippen LogP contribution in [-0.2, 0) is 0 Å². The first-order valence-electron chi connectivity index (χ1n) is 3.32. The highest BCUT2D eigenvalue weighted by molar-refractivity contribution is 4.40. The SMILES string of the molecule is C1CC[NH2+]CC1.C=C. The van der Waals surface area contributed by atoms with Crippen LogP contribution >= 0.6 is 0 Å². The van der Waals surface area contributed by atoms with Crippen LogP contribution in [0.3, 0.4) is 0 Å². The molecule has 1 aliphatic heterocycles. The molecule has 0 saturated carbocycles. The second-order valence-electron chi connectivity index (χ2n) is 1.93. The topological polar surface area (TPSA) is 16.6 Å². The lowest BCUT2D eigenvalue weighted by Crippen LogP contribution is -2.85. The third-order valence-corrected chi connectivity index (χ3v) is 1.32. The molecule has 0 unspecified atom stereocenters. The van der Waals surface area contributed by atoms with Crippen molar-refractivity contribution in [2.75, 3.05) is 13.1 Å². The molecule has 1 heterocycles. The second kappa shape index (κ2) is 6.70. The average Bonchev–Trinajstić information content (AvgIpc) is 1.96. The van der Waals surface area contributed by atoms with Gasteiger partial charge in [0.1, 0.15) is 0 Å². The van der Waals surface area contributed by atoms with Crippen molar-refractivity contribution in [3.05, 3.63) is 13.2 Å². The molecule has 1 saturated heterocycles. The van der Waals surface area contributed by atoms with Gasteiger partial charge >= 0.3 is 0 Å². The van der Waals surface area contributed by atoms with Crippen LogP contribution in [0.4, 0.5) is 0 Å². The van der Waals surface area contributed by atoms with Gasteiger partial charge in [0.25, 0.3) is 0 Å². The van der Waals surface area contributed by atoms with E-state index in [0.717, 1.165) is 0 Å². The molecule has 0 spiro atoms. The van der Waals surface area contributed by atoms with E-state index < -0.39 is 0 Å². The maximum absolute atomic E-state index is 3.00. The van der Waals surface area contributed by atoms with E-state index in [2.05, 4.69) is 18.5 Å². The summed E-state index contributed by atoms with van der Waals surface area (Å²) in [4.78, 5) is 0. The van der Waals surface area contributed by atoms with Gasteiger partial charge in [-0.3, -0.25) is 0 Å². The van der Waals surface area contributed by atoms with Crippen LogP contribution < -0.4 is 5.32 Å². The summed E-state index contributed by atoms with van der Waals surface area (Å²) in [6.07, 6.45) is 4.36. The van der Waals surface area contributed by atoms with E-state index >= 15 is 0 Å². The molecule has 1 fully saturated rings. The van der Waals surface area contributed by atoms with E-state index in [0.29, 0.717) is 0 Å². The van der Waals surface area contributed by atoms with Crippen molar-refractivity contribution in [1.82, 2.24) is 0 Å². The summed E-state index contributed by atoms with van der Waals surface area (Å²) in [6, 6.07) is 0. The van der Waals surface area contributed by atoms with Crippen molar-refractivity contribution >= 4 is 0 Å². The second-order valence-corrected chi connectivity index (χ2v) is 1.93. The minimum absolute atomic E-state index is 1.38.